The van der Waals surface area contributed by atoms with E-state index in [1.807, 2.05) is 18.2 Å². The van der Waals surface area contributed by atoms with Crippen molar-refractivity contribution >= 4 is 17.3 Å². The van der Waals surface area contributed by atoms with Gasteiger partial charge >= 0.3 is 0 Å². The van der Waals surface area contributed by atoms with Crippen LogP contribution in [-0.2, 0) is 4.79 Å². The van der Waals surface area contributed by atoms with Gasteiger partial charge in [-0.05, 0) is 37.6 Å². The standard InChI is InChI=1S/C20H23N3O5/c1-27-16-9-10-17(19(12-16)28-2)18-4-3-11-22(18)13-20(24)21-14-5-7-15(8-6-14)23(25)26/h5-10,12,18H,3-4,11,13H2,1-2H3,(H,21,24)/t18-/m0/s1. The molecule has 28 heavy (non-hydrogen) atoms. The number of likely N-dealkylation sites (tertiary alicyclic amines) is 1. The van der Waals surface area contributed by atoms with Crippen LogP contribution in [0.1, 0.15) is 24.4 Å². The Hall–Kier alpha value is -3.13. The molecule has 1 atom stereocenters. The van der Waals surface area contributed by atoms with E-state index < -0.39 is 4.92 Å². The molecule has 8 heteroatoms. The van der Waals surface area contributed by atoms with Gasteiger partial charge in [0.1, 0.15) is 11.5 Å². The van der Waals surface area contributed by atoms with E-state index in [-0.39, 0.29) is 24.2 Å². The Morgan fingerprint density at radius 3 is 2.61 bits per heavy atom. The summed E-state index contributed by atoms with van der Waals surface area (Å²) in [6, 6.07) is 11.6. The quantitative estimate of drug-likeness (QED) is 0.580. The number of nitro benzene ring substituents is 1. The minimum absolute atomic E-state index is 0.00999. The largest absolute Gasteiger partial charge is 0.497 e. The second-order valence-corrected chi connectivity index (χ2v) is 6.59. The Kier molecular flexibility index (Phi) is 6.10. The molecule has 148 valence electrons. The van der Waals surface area contributed by atoms with Gasteiger partial charge in [0.05, 0.1) is 25.7 Å². The molecule has 1 N–H and O–H groups in total. The first-order valence-corrected chi connectivity index (χ1v) is 9.02. The van der Waals surface area contributed by atoms with Crippen LogP contribution in [-0.4, -0.2) is 43.0 Å². The molecule has 0 radical (unpaired) electrons. The highest BCUT2D eigenvalue weighted by Gasteiger charge is 2.29. The number of rotatable bonds is 7. The molecule has 1 heterocycles. The van der Waals surface area contributed by atoms with Gasteiger partial charge in [0.25, 0.3) is 5.69 Å². The van der Waals surface area contributed by atoms with E-state index in [1.165, 1.54) is 24.3 Å². The van der Waals surface area contributed by atoms with Crippen molar-refractivity contribution in [2.24, 2.45) is 0 Å². The molecule has 8 nitrogen and oxygen atoms in total. The smallest absolute Gasteiger partial charge is 0.269 e. The molecule has 3 rings (SSSR count). The molecule has 0 aromatic heterocycles. The molecule has 0 bridgehead atoms. The Morgan fingerprint density at radius 2 is 1.96 bits per heavy atom. The first-order valence-electron chi connectivity index (χ1n) is 9.02. The summed E-state index contributed by atoms with van der Waals surface area (Å²) in [6.07, 6.45) is 1.93. The molecular formula is C20H23N3O5. The van der Waals surface area contributed by atoms with E-state index >= 15 is 0 Å². The van der Waals surface area contributed by atoms with Gasteiger partial charge in [-0.1, -0.05) is 6.07 Å². The number of nitrogens with zero attached hydrogens (tertiary/aromatic N) is 2. The van der Waals surface area contributed by atoms with Crippen molar-refractivity contribution < 1.29 is 19.2 Å². The lowest BCUT2D eigenvalue weighted by Gasteiger charge is -2.25. The molecule has 0 saturated carbocycles. The number of ether oxygens (including phenoxy) is 2. The minimum atomic E-state index is -0.470. The number of hydrogen-bond acceptors (Lipinski definition) is 6. The van der Waals surface area contributed by atoms with Gasteiger partial charge in [-0.25, -0.2) is 0 Å². The Labute approximate surface area is 163 Å². The average Bonchev–Trinajstić information content (AvgIpc) is 3.15. The van der Waals surface area contributed by atoms with Gasteiger partial charge in [-0.2, -0.15) is 0 Å². The zero-order chi connectivity index (χ0) is 20.1. The molecule has 1 saturated heterocycles. The molecule has 0 aliphatic carbocycles. The SMILES string of the molecule is COc1ccc([C@@H]2CCCN2CC(=O)Nc2ccc([N+](=O)[O-])cc2)c(OC)c1. The number of amides is 1. The maximum absolute atomic E-state index is 12.5. The maximum atomic E-state index is 12.5. The highest BCUT2D eigenvalue weighted by Crippen LogP contribution is 2.38. The minimum Gasteiger partial charge on any atom is -0.497 e. The van der Waals surface area contributed by atoms with Gasteiger partial charge in [-0.15, -0.1) is 0 Å². The molecule has 2 aromatic rings. The lowest BCUT2D eigenvalue weighted by Crippen LogP contribution is -2.33. The number of nitro groups is 1. The van der Waals surface area contributed by atoms with Gasteiger partial charge in [0, 0.05) is 35.5 Å². The van der Waals surface area contributed by atoms with Crippen LogP contribution in [0, 0.1) is 10.1 Å². The van der Waals surface area contributed by atoms with Crippen LogP contribution in [0.5, 0.6) is 11.5 Å². The third-order valence-corrected chi connectivity index (χ3v) is 4.87. The lowest BCUT2D eigenvalue weighted by molar-refractivity contribution is -0.384. The highest BCUT2D eigenvalue weighted by molar-refractivity contribution is 5.92. The predicted molar refractivity (Wildman–Crippen MR) is 105 cm³/mol. The number of methoxy groups -OCH3 is 2. The van der Waals surface area contributed by atoms with Crippen LogP contribution in [0.4, 0.5) is 11.4 Å². The number of anilines is 1. The van der Waals surface area contributed by atoms with E-state index in [9.17, 15) is 14.9 Å². The number of benzene rings is 2. The Balaban J connectivity index is 1.68. The van der Waals surface area contributed by atoms with Crippen molar-refractivity contribution in [1.29, 1.82) is 0 Å². The first-order chi connectivity index (χ1) is 13.5. The molecule has 0 unspecified atom stereocenters. The summed E-state index contributed by atoms with van der Waals surface area (Å²) in [5.74, 6) is 1.31. The summed E-state index contributed by atoms with van der Waals surface area (Å²) in [5, 5.41) is 13.5. The van der Waals surface area contributed by atoms with Crippen LogP contribution in [0.25, 0.3) is 0 Å². The number of carbonyl (C=O) groups excluding carboxylic acids is 1. The zero-order valence-electron chi connectivity index (χ0n) is 15.9. The summed E-state index contributed by atoms with van der Waals surface area (Å²) in [4.78, 5) is 24.8. The molecular weight excluding hydrogens is 362 g/mol. The van der Waals surface area contributed by atoms with Crippen LogP contribution in [0.15, 0.2) is 42.5 Å². The monoisotopic (exact) mass is 385 g/mol. The summed E-state index contributed by atoms with van der Waals surface area (Å²) in [5.41, 5.74) is 1.56. The third kappa shape index (κ3) is 4.40. The first kappa shape index (κ1) is 19.6. The molecule has 0 spiro atoms. The van der Waals surface area contributed by atoms with E-state index in [1.54, 1.807) is 14.2 Å². The number of carbonyl (C=O) groups is 1. The van der Waals surface area contributed by atoms with Crippen molar-refractivity contribution in [1.82, 2.24) is 4.90 Å². The Bertz CT molecular complexity index is 853. The van der Waals surface area contributed by atoms with Crippen molar-refractivity contribution in [3.8, 4) is 11.5 Å². The molecule has 1 fully saturated rings. The van der Waals surface area contributed by atoms with Crippen LogP contribution in [0.3, 0.4) is 0 Å². The third-order valence-electron chi connectivity index (χ3n) is 4.87. The second kappa shape index (κ2) is 8.71. The fraction of sp³-hybridized carbons (Fsp3) is 0.350. The van der Waals surface area contributed by atoms with Gasteiger partial charge in [0.15, 0.2) is 0 Å². The van der Waals surface area contributed by atoms with Gasteiger partial charge < -0.3 is 14.8 Å². The summed E-state index contributed by atoms with van der Waals surface area (Å²) < 4.78 is 10.8. The van der Waals surface area contributed by atoms with Crippen molar-refractivity contribution in [3.63, 3.8) is 0 Å². The van der Waals surface area contributed by atoms with Crippen molar-refractivity contribution in [2.45, 2.75) is 18.9 Å². The summed E-state index contributed by atoms with van der Waals surface area (Å²) in [7, 11) is 3.23. The average molecular weight is 385 g/mol. The molecule has 1 aliphatic rings. The summed E-state index contributed by atoms with van der Waals surface area (Å²) in [6.45, 7) is 1.05. The predicted octanol–water partition coefficient (Wildman–Crippen LogP) is 3.39. The van der Waals surface area contributed by atoms with Crippen molar-refractivity contribution in [2.75, 3.05) is 32.6 Å². The fourth-order valence-corrected chi connectivity index (χ4v) is 3.51. The molecule has 1 amide bonds. The summed E-state index contributed by atoms with van der Waals surface area (Å²) >= 11 is 0. The van der Waals surface area contributed by atoms with E-state index in [0.29, 0.717) is 5.69 Å². The second-order valence-electron chi connectivity index (χ2n) is 6.59. The number of non-ortho nitro benzene ring substituents is 1. The number of nitrogens with one attached hydrogen (secondary N) is 1. The van der Waals surface area contributed by atoms with E-state index in [0.717, 1.165) is 36.4 Å². The van der Waals surface area contributed by atoms with Gasteiger partial charge in [0.2, 0.25) is 5.91 Å². The van der Waals surface area contributed by atoms with Crippen molar-refractivity contribution in [3.05, 3.63) is 58.1 Å². The zero-order valence-corrected chi connectivity index (χ0v) is 15.9. The number of hydrogen-bond donors (Lipinski definition) is 1. The topological polar surface area (TPSA) is 93.9 Å². The fourth-order valence-electron chi connectivity index (χ4n) is 3.51. The van der Waals surface area contributed by atoms with Crippen LogP contribution in [0.2, 0.25) is 0 Å². The maximum Gasteiger partial charge on any atom is 0.269 e. The molecule has 1 aliphatic heterocycles. The molecule has 2 aromatic carbocycles. The lowest BCUT2D eigenvalue weighted by atomic mass is 10.0. The Morgan fingerprint density at radius 1 is 1.21 bits per heavy atom. The van der Waals surface area contributed by atoms with Gasteiger partial charge in [-0.3, -0.25) is 19.8 Å². The van der Waals surface area contributed by atoms with E-state index in [2.05, 4.69) is 10.2 Å². The highest BCUT2D eigenvalue weighted by atomic mass is 16.6. The van der Waals surface area contributed by atoms with Crippen LogP contribution < -0.4 is 14.8 Å². The van der Waals surface area contributed by atoms with E-state index in [4.69, 9.17) is 9.47 Å². The van der Waals surface area contributed by atoms with Crippen LogP contribution >= 0.6 is 0 Å². The normalized spacial score (nSPS) is 16.6.